The summed E-state index contributed by atoms with van der Waals surface area (Å²) >= 11 is 0. The van der Waals surface area contributed by atoms with Gasteiger partial charge in [0.15, 0.2) is 0 Å². The number of nitrogens with one attached hydrogen (secondary N) is 3. The van der Waals surface area contributed by atoms with Crippen molar-refractivity contribution in [3.8, 4) is 0 Å². The molecule has 0 spiro atoms. The Balaban J connectivity index is 1.46. The summed E-state index contributed by atoms with van der Waals surface area (Å²) in [6.45, 7) is 8.37. The highest BCUT2D eigenvalue weighted by Gasteiger charge is 2.27. The first kappa shape index (κ1) is 16.3. The molecule has 3 rings (SSSR count). The van der Waals surface area contributed by atoms with E-state index in [1.54, 1.807) is 6.33 Å². The van der Waals surface area contributed by atoms with Crippen LogP contribution < -0.4 is 10.6 Å². The molecule has 1 aromatic heterocycles. The van der Waals surface area contributed by atoms with Gasteiger partial charge >= 0.3 is 6.03 Å². The van der Waals surface area contributed by atoms with E-state index in [-0.39, 0.29) is 17.6 Å². The minimum atomic E-state index is -0.269. The van der Waals surface area contributed by atoms with Crippen LogP contribution in [0.15, 0.2) is 6.33 Å². The van der Waals surface area contributed by atoms with Crippen LogP contribution in [0.4, 0.5) is 4.79 Å². The summed E-state index contributed by atoms with van der Waals surface area (Å²) in [6, 6.07) is 0.0818. The Kier molecular flexibility index (Phi) is 4.87. The topological polar surface area (TPSA) is 82.3 Å². The molecule has 1 atom stereocenters. The average Bonchev–Trinajstić information content (AvgIpc) is 2.94. The predicted molar refractivity (Wildman–Crippen MR) is 87.4 cm³/mol. The first-order valence-corrected chi connectivity index (χ1v) is 8.42. The van der Waals surface area contributed by atoms with Crippen LogP contribution in [0.25, 0.3) is 0 Å². The number of nitrogens with zero attached hydrogens (tertiary/aromatic N) is 2. The second-order valence-electron chi connectivity index (χ2n) is 7.14. The van der Waals surface area contributed by atoms with Gasteiger partial charge in [0, 0.05) is 43.3 Å². The van der Waals surface area contributed by atoms with Crippen LogP contribution in [0.3, 0.4) is 0 Å². The normalized spacial score (nSPS) is 22.4. The third-order valence-corrected chi connectivity index (χ3v) is 4.50. The molecule has 2 heterocycles. The fourth-order valence-corrected chi connectivity index (χ4v) is 3.41. The molecule has 1 aliphatic heterocycles. The molecular formula is C16H27N5O2. The van der Waals surface area contributed by atoms with Gasteiger partial charge in [-0.15, -0.1) is 0 Å². The largest absolute Gasteiger partial charge is 0.379 e. The van der Waals surface area contributed by atoms with Crippen LogP contribution in [0.5, 0.6) is 0 Å². The number of aryl methyl sites for hydroxylation is 1. The lowest BCUT2D eigenvalue weighted by molar-refractivity contribution is 0.0280. The van der Waals surface area contributed by atoms with Gasteiger partial charge in [-0.1, -0.05) is 0 Å². The Labute approximate surface area is 137 Å². The number of H-pyrrole nitrogens is 1. The van der Waals surface area contributed by atoms with Crippen molar-refractivity contribution >= 4 is 6.03 Å². The molecule has 128 valence electrons. The standard InChI is InChI=1S/C16H27N5O2/c1-16(2,10-21-5-7-23-8-6-21)20-15(22)19-12-3-4-13-14(9-12)18-11-17-13/h11-12H,3-10H2,1-2H3,(H,17,18)(H2,19,20,22). The van der Waals surface area contributed by atoms with E-state index in [0.717, 1.165) is 63.5 Å². The summed E-state index contributed by atoms with van der Waals surface area (Å²) in [5.74, 6) is 0. The molecule has 2 amide bonds. The molecule has 1 fully saturated rings. The van der Waals surface area contributed by atoms with Gasteiger partial charge in [-0.2, -0.15) is 0 Å². The summed E-state index contributed by atoms with van der Waals surface area (Å²) in [5, 5.41) is 6.21. The van der Waals surface area contributed by atoms with E-state index in [2.05, 4.69) is 39.3 Å². The Morgan fingerprint density at radius 2 is 2.26 bits per heavy atom. The lowest BCUT2D eigenvalue weighted by atomic mass is 9.96. The van der Waals surface area contributed by atoms with Gasteiger partial charge in [0.25, 0.3) is 0 Å². The van der Waals surface area contributed by atoms with E-state index in [0.29, 0.717) is 0 Å². The third-order valence-electron chi connectivity index (χ3n) is 4.50. The number of hydrogen-bond acceptors (Lipinski definition) is 4. The number of imidazole rings is 1. The van der Waals surface area contributed by atoms with E-state index in [1.165, 1.54) is 0 Å². The Hall–Kier alpha value is -1.60. The van der Waals surface area contributed by atoms with Crippen molar-refractivity contribution in [1.82, 2.24) is 25.5 Å². The van der Waals surface area contributed by atoms with E-state index in [1.807, 2.05) is 0 Å². The van der Waals surface area contributed by atoms with Crippen molar-refractivity contribution in [2.24, 2.45) is 0 Å². The number of fused-ring (bicyclic) bond motifs is 1. The van der Waals surface area contributed by atoms with Gasteiger partial charge in [-0.3, -0.25) is 4.90 Å². The zero-order valence-corrected chi connectivity index (χ0v) is 14.0. The molecule has 1 aromatic rings. The van der Waals surface area contributed by atoms with Gasteiger partial charge in [0.2, 0.25) is 0 Å². The molecule has 1 saturated heterocycles. The number of ether oxygens (including phenoxy) is 1. The Morgan fingerprint density at radius 3 is 3.04 bits per heavy atom. The zero-order chi connectivity index (χ0) is 16.3. The quantitative estimate of drug-likeness (QED) is 0.761. The van der Waals surface area contributed by atoms with Crippen molar-refractivity contribution in [3.63, 3.8) is 0 Å². The second kappa shape index (κ2) is 6.88. The highest BCUT2D eigenvalue weighted by molar-refractivity contribution is 5.75. The summed E-state index contributed by atoms with van der Waals surface area (Å²) in [4.78, 5) is 22.1. The monoisotopic (exact) mass is 321 g/mol. The maximum absolute atomic E-state index is 12.3. The molecule has 0 bridgehead atoms. The SMILES string of the molecule is CC(C)(CN1CCOCC1)NC(=O)NC1CCc2nc[nH]c2C1. The number of aromatic amines is 1. The summed E-state index contributed by atoms with van der Waals surface area (Å²) in [5.41, 5.74) is 2.01. The minimum absolute atomic E-state index is 0.0868. The summed E-state index contributed by atoms with van der Waals surface area (Å²) < 4.78 is 5.37. The molecule has 0 aromatic carbocycles. The number of urea groups is 1. The van der Waals surface area contributed by atoms with E-state index in [4.69, 9.17) is 4.74 Å². The number of morpholine rings is 1. The van der Waals surface area contributed by atoms with Crippen molar-refractivity contribution in [2.75, 3.05) is 32.8 Å². The minimum Gasteiger partial charge on any atom is -0.379 e. The average molecular weight is 321 g/mol. The maximum atomic E-state index is 12.3. The summed E-state index contributed by atoms with van der Waals surface area (Å²) in [7, 11) is 0. The number of carbonyl (C=O) groups excluding carboxylic acids is 1. The fourth-order valence-electron chi connectivity index (χ4n) is 3.41. The van der Waals surface area contributed by atoms with Crippen LogP contribution in [0, 0.1) is 0 Å². The molecule has 2 aliphatic rings. The molecular weight excluding hydrogens is 294 g/mol. The van der Waals surface area contributed by atoms with Gasteiger partial charge in [0.05, 0.1) is 25.2 Å². The number of amides is 2. The predicted octanol–water partition coefficient (Wildman–Crippen LogP) is 0.677. The fraction of sp³-hybridized carbons (Fsp3) is 0.750. The van der Waals surface area contributed by atoms with Crippen LogP contribution in [0.1, 0.15) is 31.7 Å². The first-order valence-electron chi connectivity index (χ1n) is 8.42. The van der Waals surface area contributed by atoms with Crippen molar-refractivity contribution in [3.05, 3.63) is 17.7 Å². The van der Waals surface area contributed by atoms with Gasteiger partial charge < -0.3 is 20.4 Å². The Morgan fingerprint density at radius 1 is 1.48 bits per heavy atom. The highest BCUT2D eigenvalue weighted by atomic mass is 16.5. The van der Waals surface area contributed by atoms with Crippen LogP contribution in [0.2, 0.25) is 0 Å². The number of aromatic nitrogens is 2. The molecule has 7 nitrogen and oxygen atoms in total. The molecule has 1 unspecified atom stereocenters. The molecule has 0 radical (unpaired) electrons. The second-order valence-corrected chi connectivity index (χ2v) is 7.14. The van der Waals surface area contributed by atoms with Crippen molar-refractivity contribution in [2.45, 2.75) is 44.7 Å². The van der Waals surface area contributed by atoms with Crippen LogP contribution in [-0.4, -0.2) is 65.3 Å². The van der Waals surface area contributed by atoms with Crippen LogP contribution >= 0.6 is 0 Å². The number of carbonyl (C=O) groups is 1. The lowest BCUT2D eigenvalue weighted by Crippen LogP contribution is -2.57. The number of rotatable bonds is 4. The molecule has 3 N–H and O–H groups in total. The van der Waals surface area contributed by atoms with Gasteiger partial charge in [-0.05, 0) is 26.7 Å². The van der Waals surface area contributed by atoms with E-state index < -0.39 is 0 Å². The van der Waals surface area contributed by atoms with Gasteiger partial charge in [-0.25, -0.2) is 9.78 Å². The molecule has 0 saturated carbocycles. The summed E-state index contributed by atoms with van der Waals surface area (Å²) in [6.07, 6.45) is 4.42. The van der Waals surface area contributed by atoms with Crippen molar-refractivity contribution < 1.29 is 9.53 Å². The van der Waals surface area contributed by atoms with E-state index in [9.17, 15) is 4.79 Å². The van der Waals surface area contributed by atoms with Gasteiger partial charge in [0.1, 0.15) is 0 Å². The molecule has 23 heavy (non-hydrogen) atoms. The smallest absolute Gasteiger partial charge is 0.315 e. The number of hydrogen-bond donors (Lipinski definition) is 3. The first-order chi connectivity index (χ1) is 11.0. The van der Waals surface area contributed by atoms with E-state index >= 15 is 0 Å². The lowest BCUT2D eigenvalue weighted by Gasteiger charge is -2.35. The maximum Gasteiger partial charge on any atom is 0.315 e. The molecule has 7 heteroatoms. The highest BCUT2D eigenvalue weighted by Crippen LogP contribution is 2.17. The van der Waals surface area contributed by atoms with Crippen LogP contribution in [-0.2, 0) is 17.6 Å². The van der Waals surface area contributed by atoms with Crippen molar-refractivity contribution in [1.29, 1.82) is 0 Å². The third kappa shape index (κ3) is 4.45. The Bertz CT molecular complexity index is 536. The zero-order valence-electron chi connectivity index (χ0n) is 14.0. The molecule has 1 aliphatic carbocycles.